The molecule has 160 valence electrons. The number of aromatic nitrogens is 1. The highest BCUT2D eigenvalue weighted by molar-refractivity contribution is 5.99. The van der Waals surface area contributed by atoms with Gasteiger partial charge in [-0.25, -0.2) is 14.6 Å². The normalized spacial score (nSPS) is 20.2. The largest absolute Gasteiger partial charge is 0.506 e. The summed E-state index contributed by atoms with van der Waals surface area (Å²) in [4.78, 5) is 30.2. The van der Waals surface area contributed by atoms with Gasteiger partial charge in [0.05, 0.1) is 38.0 Å². The highest BCUT2D eigenvalue weighted by atomic mass is 16.6. The molecule has 1 N–H and O–H groups in total. The molecule has 2 aliphatic heterocycles. The predicted octanol–water partition coefficient (Wildman–Crippen LogP) is 1.20. The molecule has 1 unspecified atom stereocenters. The van der Waals surface area contributed by atoms with E-state index in [9.17, 15) is 14.7 Å². The molecule has 4 heterocycles. The van der Waals surface area contributed by atoms with Crippen molar-refractivity contribution >= 4 is 29.4 Å². The molecule has 0 saturated carbocycles. The number of pyridine rings is 1. The van der Waals surface area contributed by atoms with Crippen molar-refractivity contribution < 1.29 is 33.3 Å². The Morgan fingerprint density at radius 3 is 3.00 bits per heavy atom. The summed E-state index contributed by atoms with van der Waals surface area (Å²) in [6.07, 6.45) is 1.71. The summed E-state index contributed by atoms with van der Waals surface area (Å²) in [5.41, 5.74) is 0.0823. The van der Waals surface area contributed by atoms with Gasteiger partial charge in [-0.05, 0) is 13.0 Å². The Balaban J connectivity index is 1.43. The van der Waals surface area contributed by atoms with Crippen LogP contribution in [-0.2, 0) is 14.2 Å². The Hall–Kier alpha value is -3.18. The van der Waals surface area contributed by atoms with Gasteiger partial charge in [-0.1, -0.05) is 0 Å². The molecule has 2 aromatic rings. The zero-order valence-electron chi connectivity index (χ0n) is 16.4. The second kappa shape index (κ2) is 8.67. The third kappa shape index (κ3) is 4.21. The first-order chi connectivity index (χ1) is 14.5. The van der Waals surface area contributed by atoms with E-state index in [-0.39, 0.29) is 40.9 Å². The summed E-state index contributed by atoms with van der Waals surface area (Å²) in [5, 5.41) is 15.9. The lowest BCUT2D eigenvalue weighted by Crippen LogP contribution is -2.41. The molecule has 1 atom stereocenters. The minimum absolute atomic E-state index is 0.0530. The Labute approximate surface area is 171 Å². The van der Waals surface area contributed by atoms with Crippen molar-refractivity contribution in [3.05, 3.63) is 23.6 Å². The Morgan fingerprint density at radius 2 is 2.23 bits per heavy atom. The monoisotopic (exact) mass is 418 g/mol. The number of hydrogen-bond donors (Lipinski definition) is 1. The summed E-state index contributed by atoms with van der Waals surface area (Å²) >= 11 is 0. The highest BCUT2D eigenvalue weighted by Crippen LogP contribution is 2.29. The molecule has 11 heteroatoms. The number of esters is 1. The molecule has 30 heavy (non-hydrogen) atoms. The van der Waals surface area contributed by atoms with Crippen LogP contribution in [0, 0.1) is 0 Å². The number of rotatable bonds is 6. The second-order valence-electron chi connectivity index (χ2n) is 6.85. The minimum Gasteiger partial charge on any atom is -0.506 e. The van der Waals surface area contributed by atoms with Crippen LogP contribution in [0.1, 0.15) is 23.0 Å². The number of carbonyl (C=O) groups is 2. The molecule has 2 fully saturated rings. The van der Waals surface area contributed by atoms with Crippen LogP contribution in [0.15, 0.2) is 21.8 Å². The predicted molar refractivity (Wildman–Crippen MR) is 103 cm³/mol. The maximum Gasteiger partial charge on any atom is 0.430 e. The fraction of sp³-hybridized carbons (Fsp3) is 0.474. The maximum atomic E-state index is 12.1. The first-order valence-electron chi connectivity index (χ1n) is 9.66. The van der Waals surface area contributed by atoms with E-state index in [2.05, 4.69) is 15.0 Å². The number of aromatic hydroxyl groups is 1. The van der Waals surface area contributed by atoms with Crippen LogP contribution < -0.4 is 0 Å². The number of ether oxygens (including phenoxy) is 3. The van der Waals surface area contributed by atoms with Crippen LogP contribution in [0.5, 0.6) is 5.75 Å². The number of hydrogen-bond acceptors (Lipinski definition) is 10. The summed E-state index contributed by atoms with van der Waals surface area (Å²) in [7, 11) is 0. The lowest BCUT2D eigenvalue weighted by atomic mass is 10.2. The quantitative estimate of drug-likeness (QED) is 0.544. The van der Waals surface area contributed by atoms with Crippen LogP contribution in [-0.4, -0.2) is 90.4 Å². The lowest BCUT2D eigenvalue weighted by molar-refractivity contribution is 0.0188. The Kier molecular flexibility index (Phi) is 5.81. The van der Waals surface area contributed by atoms with Crippen LogP contribution in [0.2, 0.25) is 0 Å². The average Bonchev–Trinajstić information content (AvgIpc) is 3.31. The van der Waals surface area contributed by atoms with E-state index in [1.165, 1.54) is 23.5 Å². The van der Waals surface area contributed by atoms with Gasteiger partial charge in [-0.3, -0.25) is 4.90 Å². The first kappa shape index (κ1) is 20.1. The molecule has 2 saturated heterocycles. The molecule has 4 rings (SSSR count). The van der Waals surface area contributed by atoms with Gasteiger partial charge in [0.25, 0.3) is 0 Å². The highest BCUT2D eigenvalue weighted by Gasteiger charge is 2.32. The van der Waals surface area contributed by atoms with Crippen molar-refractivity contribution in [1.82, 2.24) is 14.9 Å². The van der Waals surface area contributed by atoms with Crippen molar-refractivity contribution in [1.29, 1.82) is 0 Å². The molecule has 2 aliphatic rings. The van der Waals surface area contributed by atoms with Gasteiger partial charge >= 0.3 is 12.1 Å². The van der Waals surface area contributed by atoms with Gasteiger partial charge < -0.3 is 23.7 Å². The van der Waals surface area contributed by atoms with E-state index in [4.69, 9.17) is 18.6 Å². The first-order valence-corrected chi connectivity index (χ1v) is 9.66. The molecule has 0 radical (unpaired) electrons. The van der Waals surface area contributed by atoms with Crippen molar-refractivity contribution in [2.75, 3.05) is 46.0 Å². The summed E-state index contributed by atoms with van der Waals surface area (Å²) in [6, 6.07) is 1.48. The number of cyclic esters (lactones) is 1. The van der Waals surface area contributed by atoms with E-state index >= 15 is 0 Å². The number of carbonyl (C=O) groups excluding carboxylic acids is 2. The van der Waals surface area contributed by atoms with Gasteiger partial charge in [0.1, 0.15) is 17.4 Å². The second-order valence-corrected chi connectivity index (χ2v) is 6.85. The van der Waals surface area contributed by atoms with Crippen LogP contribution in [0.25, 0.3) is 11.1 Å². The number of furan rings is 1. The van der Waals surface area contributed by atoms with Gasteiger partial charge in [0.2, 0.25) is 5.71 Å². The molecule has 1 amide bonds. The summed E-state index contributed by atoms with van der Waals surface area (Å²) in [6.45, 7) is 5.76. The molecular formula is C19H22N4O7. The number of hydrazone groups is 1. The minimum atomic E-state index is -0.674. The van der Waals surface area contributed by atoms with Crippen LogP contribution >= 0.6 is 0 Å². The summed E-state index contributed by atoms with van der Waals surface area (Å²) in [5.74, 6) is -0.696. The Morgan fingerprint density at radius 1 is 1.43 bits per heavy atom. The molecule has 0 aliphatic carbocycles. The molecule has 0 bridgehead atoms. The fourth-order valence-corrected chi connectivity index (χ4v) is 3.31. The topological polar surface area (TPSA) is 127 Å². The molecular weight excluding hydrogens is 396 g/mol. The SMILES string of the molecule is CCOC(=O)c1cnc2oc(C=NN3CC(CN4CCOCC4)OC3=O)cc2c1O. The molecule has 0 aromatic carbocycles. The van der Waals surface area contributed by atoms with Crippen molar-refractivity contribution in [3.63, 3.8) is 0 Å². The van der Waals surface area contributed by atoms with E-state index in [0.717, 1.165) is 13.1 Å². The number of fused-ring (bicyclic) bond motifs is 1. The molecule has 0 spiro atoms. The van der Waals surface area contributed by atoms with Crippen molar-refractivity contribution in [2.24, 2.45) is 5.10 Å². The lowest BCUT2D eigenvalue weighted by Gasteiger charge is -2.27. The van der Waals surface area contributed by atoms with E-state index in [0.29, 0.717) is 26.3 Å². The van der Waals surface area contributed by atoms with E-state index < -0.39 is 12.1 Å². The van der Waals surface area contributed by atoms with Crippen LogP contribution in [0.3, 0.4) is 0 Å². The zero-order chi connectivity index (χ0) is 21.1. The van der Waals surface area contributed by atoms with E-state index in [1.807, 2.05) is 0 Å². The van der Waals surface area contributed by atoms with Crippen LogP contribution in [0.4, 0.5) is 4.79 Å². The van der Waals surface area contributed by atoms with Gasteiger partial charge in [0, 0.05) is 25.8 Å². The van der Waals surface area contributed by atoms with Crippen molar-refractivity contribution in [2.45, 2.75) is 13.0 Å². The van der Waals surface area contributed by atoms with Gasteiger partial charge in [-0.2, -0.15) is 10.1 Å². The third-order valence-electron chi connectivity index (χ3n) is 4.79. The Bertz CT molecular complexity index is 967. The smallest absolute Gasteiger partial charge is 0.430 e. The maximum absolute atomic E-state index is 12.1. The van der Waals surface area contributed by atoms with Crippen molar-refractivity contribution in [3.8, 4) is 5.75 Å². The van der Waals surface area contributed by atoms with Gasteiger partial charge in [0.15, 0.2) is 5.76 Å². The number of amides is 1. The number of morpholine rings is 1. The summed E-state index contributed by atoms with van der Waals surface area (Å²) < 4.78 is 21.1. The third-order valence-corrected chi connectivity index (χ3v) is 4.79. The average molecular weight is 418 g/mol. The molecule has 11 nitrogen and oxygen atoms in total. The van der Waals surface area contributed by atoms with Gasteiger partial charge in [-0.15, -0.1) is 0 Å². The van der Waals surface area contributed by atoms with E-state index in [1.54, 1.807) is 6.92 Å². The number of nitrogens with zero attached hydrogens (tertiary/aromatic N) is 4. The fourth-order valence-electron chi connectivity index (χ4n) is 3.31. The standard InChI is InChI=1S/C19H22N4O7/c1-2-28-18(25)15-9-20-17-14(16(15)24)7-12(29-17)8-21-23-11-13(30-19(23)26)10-22-3-5-27-6-4-22/h7-9,13H,2-6,10-11H2,1H3,(H,20,24). The molecule has 2 aromatic heterocycles. The zero-order valence-corrected chi connectivity index (χ0v) is 16.4.